The maximum Gasteiger partial charge on any atom is 0.165 e. The largest absolute Gasteiger partial charge is 0.206 e. The van der Waals surface area contributed by atoms with E-state index in [0.717, 1.165) is 11.1 Å². The molecule has 0 aromatic heterocycles. The molecule has 2 aromatic rings. The summed E-state index contributed by atoms with van der Waals surface area (Å²) >= 11 is 0. The predicted molar refractivity (Wildman–Crippen MR) is 85.7 cm³/mol. The Hall–Kier alpha value is -2.03. The summed E-state index contributed by atoms with van der Waals surface area (Å²) in [5, 5.41) is 0. The molecule has 1 atom stereocenters. The summed E-state index contributed by atoms with van der Waals surface area (Å²) in [6.07, 6.45) is 3.88. The zero-order valence-corrected chi connectivity index (χ0v) is 13.4. The first-order valence-electron chi connectivity index (χ1n) is 7.70. The van der Waals surface area contributed by atoms with Gasteiger partial charge in [0.05, 0.1) is 0 Å². The van der Waals surface area contributed by atoms with Crippen molar-refractivity contribution in [3.8, 4) is 0 Å². The summed E-state index contributed by atoms with van der Waals surface area (Å²) in [6.45, 7) is 4.93. The Labute approximate surface area is 134 Å². The first-order valence-corrected chi connectivity index (χ1v) is 7.70. The Balaban J connectivity index is 2.35. The normalized spacial score (nSPS) is 16.0. The van der Waals surface area contributed by atoms with Crippen molar-refractivity contribution in [2.75, 3.05) is 0 Å². The highest BCUT2D eigenvalue weighted by Gasteiger charge is 2.42. The highest BCUT2D eigenvalue weighted by atomic mass is 19.2. The monoisotopic (exact) mass is 315 g/mol. The molecule has 0 nitrogen and oxygen atoms in total. The molecule has 23 heavy (non-hydrogen) atoms. The van der Waals surface area contributed by atoms with Crippen LogP contribution < -0.4 is 0 Å². The van der Waals surface area contributed by atoms with Crippen molar-refractivity contribution in [3.63, 3.8) is 0 Å². The van der Waals surface area contributed by atoms with Gasteiger partial charge in [-0.2, -0.15) is 0 Å². The average Bonchev–Trinajstić information content (AvgIpc) is 3.39. The van der Waals surface area contributed by atoms with Gasteiger partial charge in [-0.1, -0.05) is 48.9 Å². The minimum absolute atomic E-state index is 0.0322. The van der Waals surface area contributed by atoms with Gasteiger partial charge in [0.1, 0.15) is 5.82 Å². The van der Waals surface area contributed by atoms with E-state index >= 15 is 4.39 Å². The molecule has 0 spiro atoms. The number of halogens is 3. The van der Waals surface area contributed by atoms with Gasteiger partial charge in [0.25, 0.3) is 0 Å². The minimum atomic E-state index is -1.07. The van der Waals surface area contributed by atoms with Gasteiger partial charge in [-0.3, -0.25) is 0 Å². The van der Waals surface area contributed by atoms with Crippen molar-refractivity contribution in [1.29, 1.82) is 0 Å². The second-order valence-electron chi connectivity index (χ2n) is 6.05. The standard InChI is InChI=1S/C20H18F3/c1-4-15-18(22)16(12(2)17(21)19(15)23)20(3,14-10-11-14)13-8-6-5-7-9-13/h5-11H,4H2,1-3H3. The zero-order valence-electron chi connectivity index (χ0n) is 13.4. The molecule has 119 valence electrons. The van der Waals surface area contributed by atoms with Gasteiger partial charge in [0.2, 0.25) is 0 Å². The molecule has 1 radical (unpaired) electrons. The maximum atomic E-state index is 15.1. The fraction of sp³-hybridized carbons (Fsp3) is 0.250. The van der Waals surface area contributed by atoms with Crippen molar-refractivity contribution in [2.45, 2.75) is 32.6 Å². The fourth-order valence-electron chi connectivity index (χ4n) is 3.33. The highest BCUT2D eigenvalue weighted by Crippen LogP contribution is 2.48. The molecule has 3 heteroatoms. The van der Waals surface area contributed by atoms with Crippen LogP contribution in [0.1, 0.15) is 36.1 Å². The third-order valence-corrected chi connectivity index (χ3v) is 4.76. The van der Waals surface area contributed by atoms with Crippen LogP contribution in [0.5, 0.6) is 0 Å². The second-order valence-corrected chi connectivity index (χ2v) is 6.05. The smallest absolute Gasteiger partial charge is 0.165 e. The van der Waals surface area contributed by atoms with Crippen LogP contribution in [0.4, 0.5) is 13.2 Å². The first-order chi connectivity index (χ1) is 10.9. The van der Waals surface area contributed by atoms with Gasteiger partial charge in [-0.25, -0.2) is 13.2 Å². The highest BCUT2D eigenvalue weighted by molar-refractivity contribution is 5.61. The van der Waals surface area contributed by atoms with E-state index in [1.807, 2.05) is 49.8 Å². The van der Waals surface area contributed by atoms with Crippen molar-refractivity contribution >= 4 is 0 Å². The van der Waals surface area contributed by atoms with E-state index in [0.29, 0.717) is 0 Å². The number of benzene rings is 2. The van der Waals surface area contributed by atoms with Crippen LogP contribution in [0.25, 0.3) is 0 Å². The molecule has 1 aliphatic carbocycles. The lowest BCUT2D eigenvalue weighted by Gasteiger charge is -2.32. The molecule has 0 N–H and O–H groups in total. The molecular formula is C20H18F3. The lowest BCUT2D eigenvalue weighted by atomic mass is 9.71. The minimum Gasteiger partial charge on any atom is -0.206 e. The van der Waals surface area contributed by atoms with Crippen molar-refractivity contribution in [3.05, 3.63) is 88.1 Å². The van der Waals surface area contributed by atoms with Crippen LogP contribution in [0.15, 0.2) is 42.0 Å². The Morgan fingerprint density at radius 1 is 0.957 bits per heavy atom. The van der Waals surface area contributed by atoms with Crippen molar-refractivity contribution in [1.82, 2.24) is 0 Å². The fourth-order valence-corrected chi connectivity index (χ4v) is 3.33. The third kappa shape index (κ3) is 2.30. The topological polar surface area (TPSA) is 0 Å². The molecule has 0 fully saturated rings. The van der Waals surface area contributed by atoms with Crippen molar-refractivity contribution < 1.29 is 13.2 Å². The van der Waals surface area contributed by atoms with Crippen LogP contribution in [0.2, 0.25) is 0 Å². The summed E-state index contributed by atoms with van der Waals surface area (Å²) in [7, 11) is 0. The molecule has 0 saturated carbocycles. The van der Waals surface area contributed by atoms with Crippen LogP contribution in [-0.4, -0.2) is 0 Å². The molecule has 0 aliphatic heterocycles. The average molecular weight is 315 g/mol. The number of hydrogen-bond acceptors (Lipinski definition) is 0. The van der Waals surface area contributed by atoms with Gasteiger partial charge in [0, 0.05) is 23.0 Å². The lowest BCUT2D eigenvalue weighted by molar-refractivity contribution is 0.460. The predicted octanol–water partition coefficient (Wildman–Crippen LogP) is 5.43. The van der Waals surface area contributed by atoms with E-state index in [1.54, 1.807) is 6.92 Å². The SMILES string of the molecule is CCc1c(F)c(F)c(C)c(C(C)(C2=C[CH]2)c2ccccc2)c1F. The molecule has 0 amide bonds. The molecule has 1 aliphatic rings. The molecular weight excluding hydrogens is 297 g/mol. The van der Waals surface area contributed by atoms with Gasteiger partial charge in [-0.05, 0) is 31.4 Å². The van der Waals surface area contributed by atoms with E-state index in [1.165, 1.54) is 6.92 Å². The molecule has 2 aromatic carbocycles. The van der Waals surface area contributed by atoms with E-state index < -0.39 is 22.9 Å². The van der Waals surface area contributed by atoms with E-state index in [2.05, 4.69) is 0 Å². The van der Waals surface area contributed by atoms with E-state index in [9.17, 15) is 8.78 Å². The van der Waals surface area contributed by atoms with Gasteiger partial charge in [0.15, 0.2) is 11.6 Å². The molecule has 1 unspecified atom stereocenters. The van der Waals surface area contributed by atoms with Crippen LogP contribution >= 0.6 is 0 Å². The van der Waals surface area contributed by atoms with Crippen molar-refractivity contribution in [2.24, 2.45) is 0 Å². The summed E-state index contributed by atoms with van der Waals surface area (Å²) in [4.78, 5) is 0. The Morgan fingerprint density at radius 3 is 2.09 bits per heavy atom. The summed E-state index contributed by atoms with van der Waals surface area (Å²) in [5.74, 6) is -2.67. The quantitative estimate of drug-likeness (QED) is 0.660. The molecule has 0 heterocycles. The Morgan fingerprint density at radius 2 is 1.57 bits per heavy atom. The zero-order chi connectivity index (χ0) is 16.8. The molecule has 0 saturated heterocycles. The van der Waals surface area contributed by atoms with Crippen LogP contribution in [0, 0.1) is 30.8 Å². The molecule has 3 rings (SSSR count). The molecule has 0 bridgehead atoms. The third-order valence-electron chi connectivity index (χ3n) is 4.76. The van der Waals surface area contributed by atoms with Gasteiger partial charge >= 0.3 is 0 Å². The Kier molecular flexibility index (Phi) is 3.83. The van der Waals surface area contributed by atoms with Gasteiger partial charge in [-0.15, -0.1) is 0 Å². The van der Waals surface area contributed by atoms with Crippen LogP contribution in [-0.2, 0) is 11.8 Å². The maximum absolute atomic E-state index is 15.1. The summed E-state index contributed by atoms with van der Waals surface area (Å²) in [6, 6.07) is 9.38. The number of allylic oxidation sites excluding steroid dienone is 2. The number of rotatable bonds is 4. The van der Waals surface area contributed by atoms with Gasteiger partial charge < -0.3 is 0 Å². The first kappa shape index (κ1) is 15.9. The second kappa shape index (κ2) is 5.55. The van der Waals surface area contributed by atoms with E-state index in [4.69, 9.17) is 0 Å². The number of hydrogen-bond donors (Lipinski definition) is 0. The van der Waals surface area contributed by atoms with E-state index in [-0.39, 0.29) is 23.1 Å². The summed E-state index contributed by atoms with van der Waals surface area (Å²) < 4.78 is 43.5. The van der Waals surface area contributed by atoms with Crippen LogP contribution in [0.3, 0.4) is 0 Å². The Bertz CT molecular complexity index is 791. The summed E-state index contributed by atoms with van der Waals surface area (Å²) in [5.41, 5.74) is 1.01. The lowest BCUT2D eigenvalue weighted by Crippen LogP contribution is -2.27.